The molecule has 4 N–H and O–H groups in total. The van der Waals surface area contributed by atoms with Gasteiger partial charge in [0.25, 0.3) is 5.91 Å². The zero-order chi connectivity index (χ0) is 20.7. The summed E-state index contributed by atoms with van der Waals surface area (Å²) in [5, 5.41) is 1.88. The standard InChI is InChI=1S/C17H21N3O7S/c1-12(21)10-25-6-7-26-11-17(22)20(18)16-9-14(28(23,24)27-19)8-13-4-2-3-5-15(13)16/h2-5,8-9H,6-7,10-11,18-19H2,1H3. The zero-order valence-electron chi connectivity index (χ0n) is 15.2. The van der Waals surface area contributed by atoms with Crippen molar-refractivity contribution in [3.63, 3.8) is 0 Å². The molecule has 152 valence electrons. The van der Waals surface area contributed by atoms with Gasteiger partial charge in [0.2, 0.25) is 0 Å². The van der Waals surface area contributed by atoms with Gasteiger partial charge in [-0.2, -0.15) is 18.6 Å². The van der Waals surface area contributed by atoms with Crippen molar-refractivity contribution in [2.75, 3.05) is 31.4 Å². The van der Waals surface area contributed by atoms with E-state index in [-0.39, 0.29) is 42.8 Å². The maximum absolute atomic E-state index is 12.3. The summed E-state index contributed by atoms with van der Waals surface area (Å²) in [7, 11) is -4.20. The maximum Gasteiger partial charge on any atom is 0.312 e. The Morgan fingerprint density at radius 3 is 2.36 bits per heavy atom. The van der Waals surface area contributed by atoms with E-state index >= 15 is 0 Å². The van der Waals surface area contributed by atoms with Crippen molar-refractivity contribution in [1.29, 1.82) is 0 Å². The number of nitrogens with zero attached hydrogens (tertiary/aromatic N) is 1. The number of anilines is 1. The number of nitrogens with two attached hydrogens (primary N) is 2. The van der Waals surface area contributed by atoms with Gasteiger partial charge < -0.3 is 9.47 Å². The molecule has 0 unspecified atom stereocenters. The normalized spacial score (nSPS) is 11.5. The van der Waals surface area contributed by atoms with E-state index in [4.69, 9.17) is 21.2 Å². The molecule has 0 aliphatic rings. The quantitative estimate of drug-likeness (QED) is 0.242. The van der Waals surface area contributed by atoms with Gasteiger partial charge >= 0.3 is 10.1 Å². The Morgan fingerprint density at radius 2 is 1.71 bits per heavy atom. The zero-order valence-corrected chi connectivity index (χ0v) is 16.0. The molecular formula is C17H21N3O7S. The van der Waals surface area contributed by atoms with Crippen LogP contribution in [0.5, 0.6) is 0 Å². The van der Waals surface area contributed by atoms with E-state index in [9.17, 15) is 18.0 Å². The molecule has 0 radical (unpaired) electrons. The highest BCUT2D eigenvalue weighted by Gasteiger charge is 2.21. The third kappa shape index (κ3) is 5.55. The molecule has 0 bridgehead atoms. The molecule has 0 aliphatic heterocycles. The van der Waals surface area contributed by atoms with E-state index in [0.717, 1.165) is 5.01 Å². The van der Waals surface area contributed by atoms with Crippen molar-refractivity contribution < 1.29 is 31.8 Å². The van der Waals surface area contributed by atoms with Crippen LogP contribution in [0.3, 0.4) is 0 Å². The highest BCUT2D eigenvalue weighted by molar-refractivity contribution is 7.86. The lowest BCUT2D eigenvalue weighted by molar-refractivity contribution is -0.125. The van der Waals surface area contributed by atoms with Gasteiger partial charge in [0.15, 0.2) is 5.78 Å². The number of Topliss-reactive ketones (excluding diaryl/α,β-unsaturated/α-hetero) is 1. The van der Waals surface area contributed by atoms with Crippen LogP contribution in [0.15, 0.2) is 41.3 Å². The molecule has 10 nitrogen and oxygen atoms in total. The number of ketones is 1. The summed E-state index contributed by atoms with van der Waals surface area (Å²) in [6.45, 7) is 1.23. The van der Waals surface area contributed by atoms with Crippen LogP contribution in [0.4, 0.5) is 5.69 Å². The minimum atomic E-state index is -4.20. The van der Waals surface area contributed by atoms with Crippen LogP contribution in [-0.4, -0.2) is 46.5 Å². The smallest absolute Gasteiger partial charge is 0.312 e. The van der Waals surface area contributed by atoms with Crippen LogP contribution in [0.1, 0.15) is 6.92 Å². The van der Waals surface area contributed by atoms with E-state index in [1.807, 2.05) is 0 Å². The predicted molar refractivity (Wildman–Crippen MR) is 100 cm³/mol. The van der Waals surface area contributed by atoms with Gasteiger partial charge in [-0.3, -0.25) is 9.59 Å². The molecule has 2 aromatic rings. The van der Waals surface area contributed by atoms with Crippen LogP contribution in [0, 0.1) is 0 Å². The second-order valence-corrected chi connectivity index (χ2v) is 7.36. The molecule has 11 heteroatoms. The third-order valence-corrected chi connectivity index (χ3v) is 4.73. The number of fused-ring (bicyclic) bond motifs is 1. The van der Waals surface area contributed by atoms with Crippen molar-refractivity contribution in [1.82, 2.24) is 0 Å². The molecule has 0 saturated heterocycles. The van der Waals surface area contributed by atoms with Crippen molar-refractivity contribution in [3.05, 3.63) is 36.4 Å². The van der Waals surface area contributed by atoms with Crippen molar-refractivity contribution in [2.45, 2.75) is 11.8 Å². The summed E-state index contributed by atoms with van der Waals surface area (Å²) in [5.41, 5.74) is 0.148. The fraction of sp³-hybridized carbons (Fsp3) is 0.294. The molecule has 2 rings (SSSR count). The Labute approximate surface area is 162 Å². The Kier molecular flexibility index (Phi) is 7.57. The van der Waals surface area contributed by atoms with Crippen LogP contribution in [0.25, 0.3) is 10.8 Å². The Bertz CT molecular complexity index is 962. The van der Waals surface area contributed by atoms with E-state index in [2.05, 4.69) is 4.28 Å². The number of carbonyl (C=O) groups is 2. The van der Waals surface area contributed by atoms with Crippen LogP contribution in [0.2, 0.25) is 0 Å². The summed E-state index contributed by atoms with van der Waals surface area (Å²) in [6, 6.07) is 9.34. The Hall–Kier alpha value is -2.41. The number of ether oxygens (including phenoxy) is 2. The van der Waals surface area contributed by atoms with Gasteiger partial charge in [0.05, 0.1) is 23.8 Å². The van der Waals surface area contributed by atoms with E-state index < -0.39 is 16.0 Å². The molecule has 0 fully saturated rings. The fourth-order valence-corrected chi connectivity index (χ4v) is 3.00. The topological polar surface area (TPSA) is 151 Å². The molecule has 28 heavy (non-hydrogen) atoms. The Balaban J connectivity index is 2.16. The van der Waals surface area contributed by atoms with Crippen LogP contribution >= 0.6 is 0 Å². The number of amides is 1. The molecule has 1 amide bonds. The van der Waals surface area contributed by atoms with Crippen LogP contribution in [-0.2, 0) is 33.5 Å². The predicted octanol–water partition coefficient (Wildman–Crippen LogP) is 0.248. The van der Waals surface area contributed by atoms with Crippen molar-refractivity contribution in [3.8, 4) is 0 Å². The molecule has 0 saturated carbocycles. The molecular weight excluding hydrogens is 390 g/mol. The lowest BCUT2D eigenvalue weighted by Crippen LogP contribution is -2.40. The van der Waals surface area contributed by atoms with E-state index in [1.165, 1.54) is 19.1 Å². The number of benzene rings is 2. The fourth-order valence-electron chi connectivity index (χ4n) is 2.36. The highest BCUT2D eigenvalue weighted by Crippen LogP contribution is 2.30. The lowest BCUT2D eigenvalue weighted by atomic mass is 10.1. The average Bonchev–Trinajstić information content (AvgIpc) is 2.68. The SMILES string of the molecule is CC(=O)COCCOCC(=O)N(N)c1cc(S(=O)(=O)ON)cc2ccccc12. The second-order valence-electron chi connectivity index (χ2n) is 5.78. The second kappa shape index (κ2) is 9.68. The number of hydrogen-bond donors (Lipinski definition) is 2. The van der Waals surface area contributed by atoms with Gasteiger partial charge in [0.1, 0.15) is 13.2 Å². The van der Waals surface area contributed by atoms with Gasteiger partial charge in [-0.25, -0.2) is 10.9 Å². The summed E-state index contributed by atoms with van der Waals surface area (Å²) < 4.78 is 38.2. The van der Waals surface area contributed by atoms with Gasteiger partial charge in [-0.1, -0.05) is 24.3 Å². The molecule has 2 aromatic carbocycles. The molecule has 0 spiro atoms. The number of hydrazine groups is 1. The number of hydrogen-bond acceptors (Lipinski definition) is 9. The van der Waals surface area contributed by atoms with Crippen LogP contribution < -0.4 is 16.7 Å². The first-order valence-corrected chi connectivity index (χ1v) is 9.56. The first-order chi connectivity index (χ1) is 13.3. The van der Waals surface area contributed by atoms with Crippen molar-refractivity contribution >= 4 is 38.3 Å². The number of rotatable bonds is 10. The average molecular weight is 411 g/mol. The minimum absolute atomic E-state index is 0.0310. The Morgan fingerprint density at radius 1 is 1.07 bits per heavy atom. The lowest BCUT2D eigenvalue weighted by Gasteiger charge is -2.20. The largest absolute Gasteiger partial charge is 0.371 e. The monoisotopic (exact) mass is 411 g/mol. The minimum Gasteiger partial charge on any atom is -0.371 e. The van der Waals surface area contributed by atoms with Gasteiger partial charge in [-0.15, -0.1) is 0 Å². The molecule has 0 heterocycles. The summed E-state index contributed by atoms with van der Waals surface area (Å²) >= 11 is 0. The highest BCUT2D eigenvalue weighted by atomic mass is 32.2. The summed E-state index contributed by atoms with van der Waals surface area (Å²) in [6.07, 6.45) is 0. The summed E-state index contributed by atoms with van der Waals surface area (Å²) in [4.78, 5) is 22.8. The summed E-state index contributed by atoms with van der Waals surface area (Å²) in [5.74, 6) is 10.0. The first-order valence-electron chi connectivity index (χ1n) is 8.15. The van der Waals surface area contributed by atoms with Gasteiger partial charge in [0, 0.05) is 5.39 Å². The molecule has 0 aliphatic carbocycles. The van der Waals surface area contributed by atoms with E-state index in [1.54, 1.807) is 24.3 Å². The third-order valence-electron chi connectivity index (χ3n) is 3.66. The molecule has 0 aromatic heterocycles. The van der Waals surface area contributed by atoms with Crippen molar-refractivity contribution in [2.24, 2.45) is 11.7 Å². The number of carbonyl (C=O) groups excluding carboxylic acids is 2. The maximum atomic E-state index is 12.3. The molecule has 0 atom stereocenters. The van der Waals surface area contributed by atoms with Gasteiger partial charge in [-0.05, 0) is 24.4 Å². The first kappa shape index (κ1) is 21.9. The van der Waals surface area contributed by atoms with E-state index in [0.29, 0.717) is 10.8 Å².